The Morgan fingerprint density at radius 2 is 1.95 bits per heavy atom. The number of nitrogens with zero attached hydrogens (tertiary/aromatic N) is 1. The number of aromatic nitrogens is 1. The molecule has 118 valence electrons. The number of oxazole rings is 1. The fraction of sp³-hybridized carbons (Fsp3) is 0.714. The molecule has 0 atom stereocenters. The maximum Gasteiger partial charge on any atom is 0.391 e. The molecule has 0 saturated heterocycles. The predicted octanol–water partition coefficient (Wildman–Crippen LogP) is 4.00. The number of alkyl halides is 3. The van der Waals surface area contributed by atoms with Crippen molar-refractivity contribution < 1.29 is 27.1 Å². The van der Waals surface area contributed by atoms with Gasteiger partial charge in [0.05, 0.1) is 18.2 Å². The van der Waals surface area contributed by atoms with Crippen LogP contribution in [0.2, 0.25) is 0 Å². The monoisotopic (exact) mass is 305 g/mol. The molecule has 0 amide bonds. The molecule has 1 aromatic heterocycles. The van der Waals surface area contributed by atoms with E-state index in [4.69, 9.17) is 9.15 Å². The van der Waals surface area contributed by atoms with Crippen molar-refractivity contribution in [2.45, 2.75) is 51.6 Å². The predicted molar refractivity (Wildman–Crippen MR) is 68.0 cm³/mol. The van der Waals surface area contributed by atoms with Crippen LogP contribution in [0.25, 0.3) is 0 Å². The quantitative estimate of drug-likeness (QED) is 0.792. The molecule has 1 heterocycles. The van der Waals surface area contributed by atoms with Gasteiger partial charge in [-0.05, 0) is 39.5 Å². The van der Waals surface area contributed by atoms with E-state index in [1.807, 2.05) is 0 Å². The van der Waals surface area contributed by atoms with E-state index in [-0.39, 0.29) is 31.1 Å². The summed E-state index contributed by atoms with van der Waals surface area (Å²) >= 11 is 0. The molecule has 1 saturated carbocycles. The number of hydrogen-bond donors (Lipinski definition) is 0. The van der Waals surface area contributed by atoms with Crippen molar-refractivity contribution in [2.24, 2.45) is 5.92 Å². The van der Waals surface area contributed by atoms with Crippen molar-refractivity contribution in [2.75, 3.05) is 6.61 Å². The number of hydrogen-bond acceptors (Lipinski definition) is 4. The first kappa shape index (κ1) is 15.9. The first-order chi connectivity index (χ1) is 9.82. The van der Waals surface area contributed by atoms with Crippen LogP contribution in [0.4, 0.5) is 13.2 Å². The molecule has 0 aliphatic heterocycles. The second-order valence-corrected chi connectivity index (χ2v) is 5.28. The number of esters is 1. The molecule has 4 nitrogen and oxygen atoms in total. The van der Waals surface area contributed by atoms with Crippen LogP contribution in [-0.4, -0.2) is 23.7 Å². The number of ether oxygens (including phenoxy) is 1. The van der Waals surface area contributed by atoms with E-state index in [0.29, 0.717) is 24.4 Å². The molecule has 0 unspecified atom stereocenters. The third-order valence-corrected chi connectivity index (χ3v) is 3.81. The number of aryl methyl sites for hydroxylation is 1. The minimum atomic E-state index is -4.13. The molecule has 0 aromatic carbocycles. The minimum Gasteiger partial charge on any atom is -0.460 e. The summed E-state index contributed by atoms with van der Waals surface area (Å²) in [5.74, 6) is -1.60. The summed E-state index contributed by atoms with van der Waals surface area (Å²) in [6.45, 7) is 3.54. The van der Waals surface area contributed by atoms with Gasteiger partial charge in [0.1, 0.15) is 0 Å². The van der Waals surface area contributed by atoms with Crippen molar-refractivity contribution >= 4 is 5.97 Å². The summed E-state index contributed by atoms with van der Waals surface area (Å²) < 4.78 is 48.2. The molecule has 1 aliphatic rings. The van der Waals surface area contributed by atoms with Crippen LogP contribution < -0.4 is 0 Å². The molecule has 0 spiro atoms. The second-order valence-electron chi connectivity index (χ2n) is 5.28. The van der Waals surface area contributed by atoms with Gasteiger partial charge in [0.2, 0.25) is 5.76 Å². The van der Waals surface area contributed by atoms with Gasteiger partial charge in [-0.2, -0.15) is 13.2 Å². The Balaban J connectivity index is 2.04. The normalized spacial score (nSPS) is 23.1. The molecule has 1 fully saturated rings. The van der Waals surface area contributed by atoms with E-state index < -0.39 is 18.1 Å². The van der Waals surface area contributed by atoms with Gasteiger partial charge in [-0.15, -0.1) is 0 Å². The highest BCUT2D eigenvalue weighted by molar-refractivity contribution is 5.87. The zero-order chi connectivity index (χ0) is 15.6. The lowest BCUT2D eigenvalue weighted by Crippen LogP contribution is -2.27. The first-order valence-corrected chi connectivity index (χ1v) is 7.04. The molecule has 1 aliphatic carbocycles. The number of carbonyl (C=O) groups excluding carboxylic acids is 1. The van der Waals surface area contributed by atoms with Crippen molar-refractivity contribution in [1.29, 1.82) is 0 Å². The lowest BCUT2D eigenvalue weighted by atomic mass is 9.81. The van der Waals surface area contributed by atoms with Crippen molar-refractivity contribution in [1.82, 2.24) is 4.98 Å². The fourth-order valence-corrected chi connectivity index (χ4v) is 2.65. The van der Waals surface area contributed by atoms with E-state index in [1.165, 1.54) is 0 Å². The summed E-state index contributed by atoms with van der Waals surface area (Å²) in [6, 6.07) is 0. The Hall–Kier alpha value is -1.53. The summed E-state index contributed by atoms with van der Waals surface area (Å²) in [5, 5.41) is 0. The SMILES string of the molecule is CCOC(=O)c1oc(C2CCC(C(F)(F)F)CC2)nc1C. The Bertz CT molecular complexity index is 502. The van der Waals surface area contributed by atoms with Crippen LogP contribution in [0.15, 0.2) is 4.42 Å². The van der Waals surface area contributed by atoms with Gasteiger partial charge >= 0.3 is 12.1 Å². The van der Waals surface area contributed by atoms with Gasteiger partial charge < -0.3 is 9.15 Å². The number of rotatable bonds is 3. The van der Waals surface area contributed by atoms with Crippen molar-refractivity contribution in [3.05, 3.63) is 17.3 Å². The Morgan fingerprint density at radius 1 is 1.33 bits per heavy atom. The maximum atomic E-state index is 12.6. The average molecular weight is 305 g/mol. The molecule has 0 N–H and O–H groups in total. The van der Waals surface area contributed by atoms with Crippen LogP contribution in [-0.2, 0) is 4.74 Å². The largest absolute Gasteiger partial charge is 0.460 e. The maximum absolute atomic E-state index is 12.6. The smallest absolute Gasteiger partial charge is 0.391 e. The minimum absolute atomic E-state index is 0.0461. The number of carbonyl (C=O) groups is 1. The summed E-state index contributed by atoms with van der Waals surface area (Å²) in [5.41, 5.74) is 0.418. The molecule has 7 heteroatoms. The topological polar surface area (TPSA) is 52.3 Å². The zero-order valence-corrected chi connectivity index (χ0v) is 12.0. The van der Waals surface area contributed by atoms with Crippen LogP contribution in [0.3, 0.4) is 0 Å². The van der Waals surface area contributed by atoms with Crippen molar-refractivity contribution in [3.63, 3.8) is 0 Å². The average Bonchev–Trinajstić information content (AvgIpc) is 2.80. The Labute approximate surface area is 120 Å². The van der Waals surface area contributed by atoms with Gasteiger partial charge in [-0.1, -0.05) is 0 Å². The van der Waals surface area contributed by atoms with Gasteiger partial charge in [0.15, 0.2) is 5.89 Å². The van der Waals surface area contributed by atoms with E-state index in [2.05, 4.69) is 4.98 Å². The van der Waals surface area contributed by atoms with Gasteiger partial charge in [-0.25, -0.2) is 9.78 Å². The van der Waals surface area contributed by atoms with Crippen LogP contribution >= 0.6 is 0 Å². The third-order valence-electron chi connectivity index (χ3n) is 3.81. The Kier molecular flexibility index (Phi) is 4.58. The van der Waals surface area contributed by atoms with E-state index in [0.717, 1.165) is 0 Å². The van der Waals surface area contributed by atoms with Crippen LogP contribution in [0, 0.1) is 12.8 Å². The highest BCUT2D eigenvalue weighted by Gasteiger charge is 2.42. The summed E-state index contributed by atoms with van der Waals surface area (Å²) in [4.78, 5) is 15.8. The molecular formula is C14H18F3NO3. The molecule has 2 rings (SSSR count). The zero-order valence-electron chi connectivity index (χ0n) is 12.0. The van der Waals surface area contributed by atoms with Gasteiger partial charge in [0, 0.05) is 5.92 Å². The van der Waals surface area contributed by atoms with Crippen molar-refractivity contribution in [3.8, 4) is 0 Å². The molecule has 0 radical (unpaired) electrons. The molecule has 0 bridgehead atoms. The lowest BCUT2D eigenvalue weighted by molar-refractivity contribution is -0.182. The second kappa shape index (κ2) is 6.07. The summed E-state index contributed by atoms with van der Waals surface area (Å²) in [7, 11) is 0. The molecular weight excluding hydrogens is 287 g/mol. The molecule has 1 aromatic rings. The fourth-order valence-electron chi connectivity index (χ4n) is 2.65. The molecule has 21 heavy (non-hydrogen) atoms. The van der Waals surface area contributed by atoms with E-state index in [9.17, 15) is 18.0 Å². The standard InChI is InChI=1S/C14H18F3NO3/c1-3-20-13(19)11-8(2)18-12(21-11)9-4-6-10(7-5-9)14(15,16)17/h9-10H,3-7H2,1-2H3. The highest BCUT2D eigenvalue weighted by atomic mass is 19.4. The van der Waals surface area contributed by atoms with Gasteiger partial charge in [-0.3, -0.25) is 0 Å². The third kappa shape index (κ3) is 3.57. The number of halogens is 3. The lowest BCUT2D eigenvalue weighted by Gasteiger charge is -2.28. The van der Waals surface area contributed by atoms with Crippen LogP contribution in [0.1, 0.15) is 60.7 Å². The van der Waals surface area contributed by atoms with Crippen LogP contribution in [0.5, 0.6) is 0 Å². The highest BCUT2D eigenvalue weighted by Crippen LogP contribution is 2.42. The summed E-state index contributed by atoms with van der Waals surface area (Å²) in [6.07, 6.45) is -3.25. The van der Waals surface area contributed by atoms with E-state index >= 15 is 0 Å². The Morgan fingerprint density at radius 3 is 2.48 bits per heavy atom. The van der Waals surface area contributed by atoms with Gasteiger partial charge in [0.25, 0.3) is 0 Å². The van der Waals surface area contributed by atoms with E-state index in [1.54, 1.807) is 13.8 Å². The first-order valence-electron chi connectivity index (χ1n) is 7.04.